The van der Waals surface area contributed by atoms with Crippen molar-refractivity contribution in [1.29, 1.82) is 0 Å². The number of ether oxygens (including phenoxy) is 1. The topological polar surface area (TPSA) is 61.8 Å². The van der Waals surface area contributed by atoms with E-state index in [0.717, 1.165) is 31.6 Å². The molecule has 3 aliphatic carbocycles. The van der Waals surface area contributed by atoms with Crippen molar-refractivity contribution in [2.24, 2.45) is 5.92 Å². The van der Waals surface area contributed by atoms with Crippen LogP contribution in [0.15, 0.2) is 18.2 Å². The molecule has 0 bridgehead atoms. The highest BCUT2D eigenvalue weighted by Crippen LogP contribution is 2.46. The zero-order chi connectivity index (χ0) is 18.8. The van der Waals surface area contributed by atoms with Crippen molar-refractivity contribution in [2.75, 3.05) is 13.7 Å². The van der Waals surface area contributed by atoms with Crippen LogP contribution in [0.5, 0.6) is 0 Å². The number of carbonyl (C=O) groups is 1. The molecule has 3 saturated carbocycles. The highest BCUT2D eigenvalue weighted by atomic mass is 16.6. The molecule has 5 nitrogen and oxygen atoms in total. The van der Waals surface area contributed by atoms with Crippen LogP contribution in [-0.4, -0.2) is 47.6 Å². The molecule has 5 rings (SSSR count). The van der Waals surface area contributed by atoms with Gasteiger partial charge in [-0.05, 0) is 74.0 Å². The third kappa shape index (κ3) is 3.10. The molecular weight excluding hydrogens is 340 g/mol. The van der Waals surface area contributed by atoms with E-state index in [1.54, 1.807) is 0 Å². The van der Waals surface area contributed by atoms with Crippen LogP contribution in [-0.2, 0) is 9.53 Å². The molecule has 1 amide bonds. The van der Waals surface area contributed by atoms with Crippen molar-refractivity contribution in [2.45, 2.75) is 75.3 Å². The number of nitrogens with one attached hydrogen (secondary N) is 1. The molecule has 1 aromatic rings. The molecule has 1 unspecified atom stereocenters. The first-order chi connectivity index (χ1) is 12.9. The molecule has 1 aromatic carbocycles. The van der Waals surface area contributed by atoms with Gasteiger partial charge in [0, 0.05) is 24.5 Å². The van der Waals surface area contributed by atoms with Gasteiger partial charge in [0.25, 0.3) is 0 Å². The minimum absolute atomic E-state index is 0.0653. The fourth-order valence-corrected chi connectivity index (χ4v) is 5.33. The number of amides is 1. The van der Waals surface area contributed by atoms with E-state index >= 15 is 0 Å². The van der Waals surface area contributed by atoms with E-state index in [9.17, 15) is 9.90 Å². The molecule has 4 fully saturated rings. The van der Waals surface area contributed by atoms with Gasteiger partial charge in [0.05, 0.1) is 6.61 Å². The predicted molar refractivity (Wildman–Crippen MR) is 102 cm³/mol. The molecule has 1 aliphatic heterocycles. The Kier molecular flexibility index (Phi) is 4.12. The summed E-state index contributed by atoms with van der Waals surface area (Å²) in [5, 5.41) is 12.5. The van der Waals surface area contributed by atoms with Gasteiger partial charge in [-0.25, -0.2) is 0 Å². The first kappa shape index (κ1) is 17.7. The van der Waals surface area contributed by atoms with Crippen LogP contribution in [0, 0.1) is 12.8 Å². The van der Waals surface area contributed by atoms with Gasteiger partial charge >= 0.3 is 0 Å². The molecule has 0 radical (unpaired) electrons. The lowest BCUT2D eigenvalue weighted by Gasteiger charge is -2.48. The van der Waals surface area contributed by atoms with Crippen molar-refractivity contribution in [3.05, 3.63) is 34.9 Å². The summed E-state index contributed by atoms with van der Waals surface area (Å²) in [6, 6.07) is 7.39. The molecule has 1 atom stereocenters. The van der Waals surface area contributed by atoms with Gasteiger partial charge in [0.15, 0.2) is 0 Å². The number of benzene rings is 1. The van der Waals surface area contributed by atoms with E-state index in [1.807, 2.05) is 11.9 Å². The van der Waals surface area contributed by atoms with E-state index in [1.165, 1.54) is 29.5 Å². The van der Waals surface area contributed by atoms with Crippen molar-refractivity contribution in [3.63, 3.8) is 0 Å². The van der Waals surface area contributed by atoms with Gasteiger partial charge in [-0.15, -0.1) is 0 Å². The SMILES string of the molecule is Cc1cc(C2CC(N(C)C(=O)C3CC4(COC(O)N4)C3)C2)ccc1C1CC1. The van der Waals surface area contributed by atoms with Gasteiger partial charge in [-0.3, -0.25) is 10.1 Å². The molecule has 0 aromatic heterocycles. The van der Waals surface area contributed by atoms with Gasteiger partial charge in [-0.1, -0.05) is 18.2 Å². The Hall–Kier alpha value is -1.43. The summed E-state index contributed by atoms with van der Waals surface area (Å²) in [5.41, 5.74) is 4.24. The molecular formula is C22H30N2O3. The molecule has 4 aliphatic rings. The number of nitrogens with zero attached hydrogens (tertiary/aromatic N) is 1. The second kappa shape index (κ2) is 6.29. The average Bonchev–Trinajstić information content (AvgIpc) is 3.32. The number of hydrogen-bond donors (Lipinski definition) is 2. The Morgan fingerprint density at radius 3 is 2.59 bits per heavy atom. The van der Waals surface area contributed by atoms with Gasteiger partial charge in [0.1, 0.15) is 0 Å². The van der Waals surface area contributed by atoms with Crippen LogP contribution in [0.3, 0.4) is 0 Å². The summed E-state index contributed by atoms with van der Waals surface area (Å²) >= 11 is 0. The van der Waals surface area contributed by atoms with Crippen LogP contribution >= 0.6 is 0 Å². The van der Waals surface area contributed by atoms with Crippen LogP contribution in [0.25, 0.3) is 0 Å². The van der Waals surface area contributed by atoms with Crippen LogP contribution < -0.4 is 5.32 Å². The van der Waals surface area contributed by atoms with Crippen LogP contribution in [0.4, 0.5) is 0 Å². The Morgan fingerprint density at radius 2 is 2.00 bits per heavy atom. The van der Waals surface area contributed by atoms with E-state index in [4.69, 9.17) is 4.74 Å². The van der Waals surface area contributed by atoms with Crippen molar-refractivity contribution in [3.8, 4) is 0 Å². The maximum absolute atomic E-state index is 12.8. The first-order valence-corrected chi connectivity index (χ1v) is 10.4. The van der Waals surface area contributed by atoms with Gasteiger partial charge in [-0.2, -0.15) is 0 Å². The zero-order valence-electron chi connectivity index (χ0n) is 16.3. The third-order valence-electron chi connectivity index (χ3n) is 7.36. The molecule has 27 heavy (non-hydrogen) atoms. The summed E-state index contributed by atoms with van der Waals surface area (Å²) < 4.78 is 5.20. The van der Waals surface area contributed by atoms with E-state index < -0.39 is 6.41 Å². The maximum atomic E-state index is 12.8. The fraction of sp³-hybridized carbons (Fsp3) is 0.682. The lowest BCUT2D eigenvalue weighted by molar-refractivity contribution is -0.143. The Morgan fingerprint density at radius 1 is 1.26 bits per heavy atom. The van der Waals surface area contributed by atoms with Crippen LogP contribution in [0.2, 0.25) is 0 Å². The molecule has 146 valence electrons. The Bertz CT molecular complexity index is 748. The lowest BCUT2D eigenvalue weighted by atomic mass is 9.67. The third-order valence-corrected chi connectivity index (χ3v) is 7.36. The van der Waals surface area contributed by atoms with Crippen molar-refractivity contribution >= 4 is 5.91 Å². The number of hydrogen-bond acceptors (Lipinski definition) is 4. The monoisotopic (exact) mass is 370 g/mol. The van der Waals surface area contributed by atoms with E-state index in [0.29, 0.717) is 18.6 Å². The Labute approximate surface area is 161 Å². The molecule has 5 heteroatoms. The number of aliphatic hydroxyl groups excluding tert-OH is 1. The fourth-order valence-electron chi connectivity index (χ4n) is 5.33. The zero-order valence-corrected chi connectivity index (χ0v) is 16.3. The number of aryl methyl sites for hydroxylation is 1. The standard InChI is InChI=1S/C22H30N2O3/c1-13-7-15(5-6-19(13)14-3-4-14)16-8-18(9-16)24(2)20(25)17-10-22(11-17)12-27-21(26)23-22/h5-7,14,16-18,21,23,26H,3-4,8-12H2,1-2H3. The smallest absolute Gasteiger partial charge is 0.225 e. The summed E-state index contributed by atoms with van der Waals surface area (Å²) in [5.74, 6) is 1.72. The Balaban J connectivity index is 1.14. The predicted octanol–water partition coefficient (Wildman–Crippen LogP) is 2.62. The second-order valence-corrected chi connectivity index (χ2v) is 9.35. The molecule has 1 spiro atoms. The van der Waals surface area contributed by atoms with E-state index in [-0.39, 0.29) is 17.4 Å². The van der Waals surface area contributed by atoms with E-state index in [2.05, 4.69) is 30.4 Å². The normalized spacial score (nSPS) is 37.7. The largest absolute Gasteiger partial charge is 0.356 e. The second-order valence-electron chi connectivity index (χ2n) is 9.35. The summed E-state index contributed by atoms with van der Waals surface area (Å²) in [6.45, 7) is 2.75. The average molecular weight is 370 g/mol. The summed E-state index contributed by atoms with van der Waals surface area (Å²) in [6.07, 6.45) is 5.51. The number of carbonyl (C=O) groups excluding carboxylic acids is 1. The minimum atomic E-state index is -0.874. The molecule has 2 N–H and O–H groups in total. The van der Waals surface area contributed by atoms with Gasteiger partial charge < -0.3 is 14.7 Å². The highest BCUT2D eigenvalue weighted by Gasteiger charge is 2.53. The quantitative estimate of drug-likeness (QED) is 0.855. The summed E-state index contributed by atoms with van der Waals surface area (Å²) in [4.78, 5) is 14.8. The maximum Gasteiger partial charge on any atom is 0.225 e. The minimum Gasteiger partial charge on any atom is -0.356 e. The first-order valence-electron chi connectivity index (χ1n) is 10.4. The number of rotatable bonds is 4. The van der Waals surface area contributed by atoms with Gasteiger partial charge in [0.2, 0.25) is 12.3 Å². The van der Waals surface area contributed by atoms with Crippen molar-refractivity contribution in [1.82, 2.24) is 10.2 Å². The van der Waals surface area contributed by atoms with Crippen LogP contribution in [0.1, 0.15) is 67.1 Å². The summed E-state index contributed by atoms with van der Waals surface area (Å²) in [7, 11) is 1.96. The molecule has 1 heterocycles. The molecule has 1 saturated heterocycles. The van der Waals surface area contributed by atoms with Crippen molar-refractivity contribution < 1.29 is 14.6 Å². The lowest BCUT2D eigenvalue weighted by Crippen LogP contribution is -2.59. The highest BCUT2D eigenvalue weighted by molar-refractivity contribution is 5.80. The number of aliphatic hydroxyl groups is 1.